The Labute approximate surface area is 211 Å². The standard InChI is InChI=1S/C28H36N6O2/c1-3-34-23(12-14-30-34)28(36)33-25(24(17-6-7-17)18-8-9-18)26-31-21-11-10-19(15-22(21)32-26)16(2)20-5-4-13-29-27(20)35/h10-12,14-18,20,24-25H,3-9,13H2,1-2H3,(H,29,35)(H,31,32)(H,33,36). The molecule has 3 aromatic rings. The van der Waals surface area contributed by atoms with E-state index in [1.807, 2.05) is 6.92 Å². The quantitative estimate of drug-likeness (QED) is 0.417. The molecule has 36 heavy (non-hydrogen) atoms. The first-order chi connectivity index (χ1) is 17.5. The van der Waals surface area contributed by atoms with E-state index in [0.717, 1.165) is 41.8 Å². The second-order valence-electron chi connectivity index (χ2n) is 11.0. The summed E-state index contributed by atoms with van der Waals surface area (Å²) in [6, 6.07) is 7.93. The van der Waals surface area contributed by atoms with Gasteiger partial charge in [0.15, 0.2) is 0 Å². The number of H-pyrrole nitrogens is 1. The van der Waals surface area contributed by atoms with Crippen LogP contribution in [0, 0.1) is 23.7 Å². The van der Waals surface area contributed by atoms with E-state index in [1.165, 1.54) is 25.7 Å². The number of imidazole rings is 1. The Morgan fingerprint density at radius 2 is 1.94 bits per heavy atom. The van der Waals surface area contributed by atoms with Crippen LogP contribution in [0.1, 0.15) is 86.2 Å². The number of hydrogen-bond donors (Lipinski definition) is 3. The smallest absolute Gasteiger partial charge is 0.270 e. The van der Waals surface area contributed by atoms with E-state index >= 15 is 0 Å². The van der Waals surface area contributed by atoms with Gasteiger partial charge < -0.3 is 15.6 Å². The van der Waals surface area contributed by atoms with Gasteiger partial charge in [0.2, 0.25) is 5.91 Å². The minimum atomic E-state index is -0.157. The van der Waals surface area contributed by atoms with Gasteiger partial charge in [0.1, 0.15) is 11.5 Å². The zero-order valence-corrected chi connectivity index (χ0v) is 21.2. The summed E-state index contributed by atoms with van der Waals surface area (Å²) >= 11 is 0. The molecule has 2 saturated carbocycles. The average molecular weight is 489 g/mol. The first kappa shape index (κ1) is 23.3. The molecule has 3 unspecified atom stereocenters. The summed E-state index contributed by atoms with van der Waals surface area (Å²) in [5, 5.41) is 10.7. The van der Waals surface area contributed by atoms with Gasteiger partial charge in [-0.2, -0.15) is 5.10 Å². The molecule has 2 aromatic heterocycles. The van der Waals surface area contributed by atoms with Crippen LogP contribution in [-0.2, 0) is 11.3 Å². The van der Waals surface area contributed by atoms with Crippen molar-refractivity contribution in [1.29, 1.82) is 0 Å². The van der Waals surface area contributed by atoms with Crippen LogP contribution in [0.4, 0.5) is 0 Å². The van der Waals surface area contributed by atoms with Gasteiger partial charge in [-0.25, -0.2) is 4.98 Å². The number of nitrogens with one attached hydrogen (secondary N) is 3. The van der Waals surface area contributed by atoms with Gasteiger partial charge in [0.05, 0.1) is 17.1 Å². The van der Waals surface area contributed by atoms with Gasteiger partial charge >= 0.3 is 0 Å². The molecule has 3 N–H and O–H groups in total. The molecular weight excluding hydrogens is 452 g/mol. The minimum absolute atomic E-state index is 0.00292. The Bertz CT molecular complexity index is 1260. The lowest BCUT2D eigenvalue weighted by Gasteiger charge is -2.27. The first-order valence-electron chi connectivity index (χ1n) is 13.6. The lowest BCUT2D eigenvalue weighted by Crippen LogP contribution is -2.38. The van der Waals surface area contributed by atoms with E-state index in [1.54, 1.807) is 16.9 Å². The van der Waals surface area contributed by atoms with E-state index in [9.17, 15) is 9.59 Å². The van der Waals surface area contributed by atoms with Gasteiger partial charge in [0, 0.05) is 25.2 Å². The maximum Gasteiger partial charge on any atom is 0.270 e. The van der Waals surface area contributed by atoms with Crippen LogP contribution in [-0.4, -0.2) is 38.1 Å². The third kappa shape index (κ3) is 4.42. The zero-order valence-electron chi connectivity index (χ0n) is 21.2. The fourth-order valence-electron chi connectivity index (χ4n) is 6.21. The van der Waals surface area contributed by atoms with Crippen LogP contribution < -0.4 is 10.6 Å². The highest BCUT2D eigenvalue weighted by atomic mass is 16.2. The van der Waals surface area contributed by atoms with Crippen LogP contribution >= 0.6 is 0 Å². The predicted octanol–water partition coefficient (Wildman–Crippen LogP) is 4.32. The minimum Gasteiger partial charge on any atom is -0.356 e. The number of rotatable bonds is 9. The number of amides is 2. The Morgan fingerprint density at radius 1 is 1.17 bits per heavy atom. The van der Waals surface area contributed by atoms with Crippen molar-refractivity contribution in [3.63, 3.8) is 0 Å². The second kappa shape index (κ2) is 9.37. The van der Waals surface area contributed by atoms with E-state index in [2.05, 4.69) is 45.8 Å². The van der Waals surface area contributed by atoms with E-state index in [4.69, 9.17) is 4.98 Å². The molecule has 3 atom stereocenters. The molecule has 0 radical (unpaired) electrons. The monoisotopic (exact) mass is 488 g/mol. The van der Waals surface area contributed by atoms with E-state index in [0.29, 0.717) is 30.0 Å². The molecule has 190 valence electrons. The molecule has 0 bridgehead atoms. The third-order valence-corrected chi connectivity index (χ3v) is 8.53. The fraction of sp³-hybridized carbons (Fsp3) is 0.571. The topological polar surface area (TPSA) is 105 Å². The molecule has 6 rings (SSSR count). The summed E-state index contributed by atoms with van der Waals surface area (Å²) in [6.45, 7) is 5.57. The third-order valence-electron chi connectivity index (χ3n) is 8.53. The molecule has 2 amide bonds. The average Bonchev–Trinajstić information content (AvgIpc) is 3.81. The van der Waals surface area contributed by atoms with Gasteiger partial charge in [0.25, 0.3) is 5.91 Å². The Hall–Kier alpha value is -3.16. The molecule has 1 saturated heterocycles. The van der Waals surface area contributed by atoms with Crippen molar-refractivity contribution in [1.82, 2.24) is 30.4 Å². The van der Waals surface area contributed by atoms with Gasteiger partial charge in [-0.15, -0.1) is 0 Å². The molecule has 2 aliphatic carbocycles. The van der Waals surface area contributed by atoms with Crippen LogP contribution in [0.25, 0.3) is 11.0 Å². The van der Waals surface area contributed by atoms with Crippen LogP contribution in [0.5, 0.6) is 0 Å². The van der Waals surface area contributed by atoms with Crippen molar-refractivity contribution in [2.24, 2.45) is 23.7 Å². The number of hydrogen-bond acceptors (Lipinski definition) is 4. The molecule has 1 aromatic carbocycles. The highest BCUT2D eigenvalue weighted by Crippen LogP contribution is 2.54. The Kier molecular flexibility index (Phi) is 6.05. The number of carbonyl (C=O) groups is 2. The number of piperidine rings is 1. The van der Waals surface area contributed by atoms with Crippen molar-refractivity contribution < 1.29 is 9.59 Å². The molecule has 3 aliphatic rings. The Balaban J connectivity index is 1.31. The van der Waals surface area contributed by atoms with Gasteiger partial charge in [-0.3, -0.25) is 14.3 Å². The van der Waals surface area contributed by atoms with Crippen molar-refractivity contribution in [2.45, 2.75) is 70.9 Å². The summed E-state index contributed by atoms with van der Waals surface area (Å²) in [5.74, 6) is 2.73. The maximum absolute atomic E-state index is 13.4. The molecule has 3 heterocycles. The first-order valence-corrected chi connectivity index (χ1v) is 13.6. The normalized spacial score (nSPS) is 22.0. The number of nitrogens with zero attached hydrogens (tertiary/aromatic N) is 3. The molecule has 3 fully saturated rings. The fourth-order valence-corrected chi connectivity index (χ4v) is 6.21. The van der Waals surface area contributed by atoms with E-state index in [-0.39, 0.29) is 29.7 Å². The summed E-state index contributed by atoms with van der Waals surface area (Å²) in [7, 11) is 0. The van der Waals surface area contributed by atoms with Crippen LogP contribution in [0.2, 0.25) is 0 Å². The predicted molar refractivity (Wildman–Crippen MR) is 137 cm³/mol. The zero-order chi connectivity index (χ0) is 24.8. The summed E-state index contributed by atoms with van der Waals surface area (Å²) in [4.78, 5) is 34.4. The van der Waals surface area contributed by atoms with Crippen molar-refractivity contribution in [3.05, 3.63) is 47.5 Å². The SMILES string of the molecule is CCn1nccc1C(=O)NC(c1nc2ccc(C(C)C3CCCNC3=O)cc2[nH]1)C(C1CC1)C1CC1. The van der Waals surface area contributed by atoms with Crippen molar-refractivity contribution in [3.8, 4) is 0 Å². The molecule has 1 aliphatic heterocycles. The summed E-state index contributed by atoms with van der Waals surface area (Å²) < 4.78 is 1.74. The molecular formula is C28H36N6O2. The largest absolute Gasteiger partial charge is 0.356 e. The molecule has 0 spiro atoms. The number of carbonyl (C=O) groups excluding carboxylic acids is 2. The van der Waals surface area contributed by atoms with Crippen LogP contribution in [0.3, 0.4) is 0 Å². The number of aromatic amines is 1. The number of fused-ring (bicyclic) bond motifs is 1. The summed E-state index contributed by atoms with van der Waals surface area (Å²) in [6.07, 6.45) is 8.55. The van der Waals surface area contributed by atoms with Gasteiger partial charge in [-0.05, 0) is 92.9 Å². The highest BCUT2D eigenvalue weighted by molar-refractivity contribution is 5.92. The molecule has 8 nitrogen and oxygen atoms in total. The number of aromatic nitrogens is 4. The second-order valence-corrected chi connectivity index (χ2v) is 11.0. The lowest BCUT2D eigenvalue weighted by atomic mass is 9.82. The summed E-state index contributed by atoms with van der Waals surface area (Å²) in [5.41, 5.74) is 3.60. The van der Waals surface area contributed by atoms with Crippen molar-refractivity contribution >= 4 is 22.8 Å². The Morgan fingerprint density at radius 3 is 2.64 bits per heavy atom. The highest BCUT2D eigenvalue weighted by Gasteiger charge is 2.47. The van der Waals surface area contributed by atoms with Crippen molar-refractivity contribution in [2.75, 3.05) is 6.54 Å². The van der Waals surface area contributed by atoms with Crippen LogP contribution in [0.15, 0.2) is 30.5 Å². The van der Waals surface area contributed by atoms with Gasteiger partial charge in [-0.1, -0.05) is 13.0 Å². The molecule has 8 heteroatoms. The van der Waals surface area contributed by atoms with E-state index < -0.39 is 0 Å². The number of benzene rings is 1. The number of aryl methyl sites for hydroxylation is 1. The lowest BCUT2D eigenvalue weighted by molar-refractivity contribution is -0.127. The maximum atomic E-state index is 13.4.